The molecule has 0 saturated carbocycles. The Kier molecular flexibility index (Phi) is 2.91. The molecule has 0 N–H and O–H groups in total. The summed E-state index contributed by atoms with van der Waals surface area (Å²) in [5.41, 5.74) is 3.97. The summed E-state index contributed by atoms with van der Waals surface area (Å²) in [5, 5.41) is 0. The number of aryl methyl sites for hydroxylation is 2. The highest BCUT2D eigenvalue weighted by atomic mass is 15.0. The van der Waals surface area contributed by atoms with Crippen molar-refractivity contribution >= 4 is 0 Å². The molecular formula is C14H17N. The van der Waals surface area contributed by atoms with Gasteiger partial charge in [-0.15, -0.1) is 0 Å². The van der Waals surface area contributed by atoms with E-state index in [9.17, 15) is 0 Å². The van der Waals surface area contributed by atoms with Gasteiger partial charge in [-0.2, -0.15) is 0 Å². The molecule has 0 amide bonds. The zero-order valence-corrected chi connectivity index (χ0v) is 9.40. The van der Waals surface area contributed by atoms with Gasteiger partial charge >= 0.3 is 0 Å². The molecule has 0 aliphatic carbocycles. The van der Waals surface area contributed by atoms with Crippen molar-refractivity contribution < 1.29 is 0 Å². The second-order valence-electron chi connectivity index (χ2n) is 3.93. The number of rotatable bonds is 3. The molecule has 0 bridgehead atoms. The summed E-state index contributed by atoms with van der Waals surface area (Å²) in [7, 11) is 0. The van der Waals surface area contributed by atoms with E-state index < -0.39 is 0 Å². The molecule has 15 heavy (non-hydrogen) atoms. The monoisotopic (exact) mass is 199 g/mol. The molecule has 78 valence electrons. The minimum atomic E-state index is 1.11. The number of aromatic nitrogens is 1. The van der Waals surface area contributed by atoms with Crippen LogP contribution in [0.3, 0.4) is 0 Å². The molecule has 1 heteroatoms. The second-order valence-corrected chi connectivity index (χ2v) is 3.93. The molecule has 0 aliphatic heterocycles. The Morgan fingerprint density at radius 2 is 1.80 bits per heavy atom. The van der Waals surface area contributed by atoms with Crippen LogP contribution in [-0.2, 0) is 6.54 Å². The van der Waals surface area contributed by atoms with Crippen LogP contribution in [0.1, 0.15) is 19.0 Å². The lowest BCUT2D eigenvalue weighted by atomic mass is 10.1. The quantitative estimate of drug-likeness (QED) is 0.707. The molecule has 1 aromatic carbocycles. The maximum atomic E-state index is 2.32. The molecule has 0 fully saturated rings. The van der Waals surface area contributed by atoms with Gasteiger partial charge in [0.05, 0.1) is 0 Å². The molecule has 0 atom stereocenters. The van der Waals surface area contributed by atoms with Crippen LogP contribution < -0.4 is 0 Å². The minimum Gasteiger partial charge on any atom is -0.351 e. The average Bonchev–Trinajstić information content (AvgIpc) is 2.63. The average molecular weight is 199 g/mol. The maximum Gasteiger partial charge on any atom is 0.0219 e. The first-order chi connectivity index (χ1) is 7.31. The SMILES string of the molecule is CCCn1cc(-c2ccccc2)cc1C. The second kappa shape index (κ2) is 4.35. The maximum absolute atomic E-state index is 2.32. The Balaban J connectivity index is 2.34. The smallest absolute Gasteiger partial charge is 0.0219 e. The third kappa shape index (κ3) is 2.12. The fraction of sp³-hybridized carbons (Fsp3) is 0.286. The van der Waals surface area contributed by atoms with E-state index in [0.717, 1.165) is 6.54 Å². The van der Waals surface area contributed by atoms with Gasteiger partial charge in [0.25, 0.3) is 0 Å². The highest BCUT2D eigenvalue weighted by Gasteiger charge is 2.02. The highest BCUT2D eigenvalue weighted by molar-refractivity contribution is 5.63. The number of benzene rings is 1. The number of hydrogen-bond acceptors (Lipinski definition) is 0. The van der Waals surface area contributed by atoms with E-state index in [-0.39, 0.29) is 0 Å². The topological polar surface area (TPSA) is 4.93 Å². The van der Waals surface area contributed by atoms with Crippen LogP contribution in [0.4, 0.5) is 0 Å². The van der Waals surface area contributed by atoms with Gasteiger partial charge in [-0.3, -0.25) is 0 Å². The van der Waals surface area contributed by atoms with Crippen molar-refractivity contribution in [1.29, 1.82) is 0 Å². The summed E-state index contributed by atoms with van der Waals surface area (Å²) in [5.74, 6) is 0. The summed E-state index contributed by atoms with van der Waals surface area (Å²) in [4.78, 5) is 0. The Bertz CT molecular complexity index is 426. The summed E-state index contributed by atoms with van der Waals surface area (Å²) < 4.78 is 2.32. The molecule has 1 heterocycles. The summed E-state index contributed by atoms with van der Waals surface area (Å²) in [6.45, 7) is 5.49. The summed E-state index contributed by atoms with van der Waals surface area (Å²) in [6, 6.07) is 12.8. The van der Waals surface area contributed by atoms with Crippen LogP contribution in [-0.4, -0.2) is 4.57 Å². The van der Waals surface area contributed by atoms with Crippen molar-refractivity contribution in [2.24, 2.45) is 0 Å². The summed E-state index contributed by atoms with van der Waals surface area (Å²) >= 11 is 0. The number of nitrogens with zero attached hydrogens (tertiary/aromatic N) is 1. The van der Waals surface area contributed by atoms with E-state index >= 15 is 0 Å². The van der Waals surface area contributed by atoms with Crippen molar-refractivity contribution in [3.05, 3.63) is 48.3 Å². The van der Waals surface area contributed by atoms with E-state index in [1.165, 1.54) is 23.2 Å². The lowest BCUT2D eigenvalue weighted by molar-refractivity contribution is 0.666. The van der Waals surface area contributed by atoms with Crippen molar-refractivity contribution in [2.75, 3.05) is 0 Å². The van der Waals surface area contributed by atoms with Crippen molar-refractivity contribution in [3.8, 4) is 11.1 Å². The van der Waals surface area contributed by atoms with Crippen LogP contribution in [0.25, 0.3) is 11.1 Å². The van der Waals surface area contributed by atoms with E-state index in [1.54, 1.807) is 0 Å². The van der Waals surface area contributed by atoms with E-state index in [1.807, 2.05) is 0 Å². The van der Waals surface area contributed by atoms with Crippen molar-refractivity contribution in [2.45, 2.75) is 26.8 Å². The molecule has 2 rings (SSSR count). The predicted molar refractivity (Wildman–Crippen MR) is 64.9 cm³/mol. The van der Waals surface area contributed by atoms with Gasteiger partial charge in [-0.25, -0.2) is 0 Å². The third-order valence-electron chi connectivity index (χ3n) is 2.68. The molecule has 2 aromatic rings. The zero-order valence-electron chi connectivity index (χ0n) is 9.40. The first kappa shape index (κ1) is 10.0. The Morgan fingerprint density at radius 3 is 2.47 bits per heavy atom. The molecule has 0 saturated heterocycles. The van der Waals surface area contributed by atoms with Crippen molar-refractivity contribution in [1.82, 2.24) is 4.57 Å². The van der Waals surface area contributed by atoms with Crippen LogP contribution in [0.5, 0.6) is 0 Å². The summed E-state index contributed by atoms with van der Waals surface area (Å²) in [6.07, 6.45) is 3.43. The largest absolute Gasteiger partial charge is 0.351 e. The van der Waals surface area contributed by atoms with Crippen LogP contribution in [0.2, 0.25) is 0 Å². The predicted octanol–water partition coefficient (Wildman–Crippen LogP) is 3.87. The molecule has 1 aromatic heterocycles. The van der Waals surface area contributed by atoms with E-state index in [2.05, 4.69) is 61.0 Å². The van der Waals surface area contributed by atoms with Gasteiger partial charge in [0.2, 0.25) is 0 Å². The van der Waals surface area contributed by atoms with E-state index in [4.69, 9.17) is 0 Å². The third-order valence-corrected chi connectivity index (χ3v) is 2.68. The van der Waals surface area contributed by atoms with Gasteiger partial charge in [0.1, 0.15) is 0 Å². The zero-order chi connectivity index (χ0) is 10.7. The fourth-order valence-corrected chi connectivity index (χ4v) is 1.89. The molecular weight excluding hydrogens is 182 g/mol. The van der Waals surface area contributed by atoms with Crippen LogP contribution in [0, 0.1) is 6.92 Å². The molecule has 0 aliphatic rings. The minimum absolute atomic E-state index is 1.11. The Labute approximate surface area is 91.4 Å². The van der Waals surface area contributed by atoms with Gasteiger partial charge in [0.15, 0.2) is 0 Å². The van der Waals surface area contributed by atoms with Gasteiger partial charge in [-0.05, 0) is 30.5 Å². The van der Waals surface area contributed by atoms with E-state index in [0.29, 0.717) is 0 Å². The first-order valence-electron chi connectivity index (χ1n) is 5.53. The molecule has 0 radical (unpaired) electrons. The lowest BCUT2D eigenvalue weighted by Gasteiger charge is -2.01. The van der Waals surface area contributed by atoms with Gasteiger partial charge < -0.3 is 4.57 Å². The number of hydrogen-bond donors (Lipinski definition) is 0. The van der Waals surface area contributed by atoms with Crippen molar-refractivity contribution in [3.63, 3.8) is 0 Å². The first-order valence-corrected chi connectivity index (χ1v) is 5.53. The van der Waals surface area contributed by atoms with Crippen LogP contribution >= 0.6 is 0 Å². The van der Waals surface area contributed by atoms with Gasteiger partial charge in [-0.1, -0.05) is 37.3 Å². The molecule has 0 unspecified atom stereocenters. The molecule has 0 spiro atoms. The van der Waals surface area contributed by atoms with Gasteiger partial charge in [0, 0.05) is 18.4 Å². The molecule has 1 nitrogen and oxygen atoms in total. The standard InChI is InChI=1S/C14H17N/c1-3-9-15-11-14(10-12(15)2)13-7-5-4-6-8-13/h4-8,10-11H,3,9H2,1-2H3. The normalized spacial score (nSPS) is 10.5. The van der Waals surface area contributed by atoms with Crippen LogP contribution in [0.15, 0.2) is 42.6 Å². The Morgan fingerprint density at radius 1 is 1.07 bits per heavy atom. The Hall–Kier alpha value is -1.50. The fourth-order valence-electron chi connectivity index (χ4n) is 1.89. The lowest BCUT2D eigenvalue weighted by Crippen LogP contribution is -1.95. The highest BCUT2D eigenvalue weighted by Crippen LogP contribution is 2.21.